The maximum Gasteiger partial charge on any atom is 0.174 e. The molecule has 1 saturated heterocycles. The van der Waals surface area contributed by atoms with Crippen LogP contribution in [0.25, 0.3) is 0 Å². The molecule has 1 fully saturated rings. The predicted octanol–water partition coefficient (Wildman–Crippen LogP) is 5.33. The third-order valence-electron chi connectivity index (χ3n) is 4.51. The summed E-state index contributed by atoms with van der Waals surface area (Å²) in [5.41, 5.74) is 3.56. The molecule has 0 unspecified atom stereocenters. The number of nitrogens with zero attached hydrogens (tertiary/aromatic N) is 1. The predicted molar refractivity (Wildman–Crippen MR) is 106 cm³/mol. The summed E-state index contributed by atoms with van der Waals surface area (Å²) in [7, 11) is 0. The monoisotopic (exact) mass is 345 g/mol. The van der Waals surface area contributed by atoms with Crippen LogP contribution in [0, 0.1) is 6.92 Å². The maximum absolute atomic E-state index is 6.23. The van der Waals surface area contributed by atoms with Crippen LogP contribution in [-0.4, -0.2) is 11.1 Å². The molecule has 0 amide bonds. The van der Waals surface area contributed by atoms with Gasteiger partial charge in [0.15, 0.2) is 6.10 Å². The van der Waals surface area contributed by atoms with Gasteiger partial charge in [0, 0.05) is 5.69 Å². The first-order valence-corrected chi connectivity index (χ1v) is 8.81. The van der Waals surface area contributed by atoms with Gasteiger partial charge in [-0.3, -0.25) is 0 Å². The molecule has 1 aliphatic heterocycles. The van der Waals surface area contributed by atoms with Crippen molar-refractivity contribution in [2.24, 2.45) is 0 Å². The third kappa shape index (κ3) is 3.03. The highest BCUT2D eigenvalue weighted by Crippen LogP contribution is 2.42. The van der Waals surface area contributed by atoms with Gasteiger partial charge in [-0.25, -0.2) is 0 Å². The van der Waals surface area contributed by atoms with Crippen molar-refractivity contribution < 1.29 is 4.74 Å². The van der Waals surface area contributed by atoms with Gasteiger partial charge in [-0.2, -0.15) is 0 Å². The molecule has 124 valence electrons. The number of hydrogen-bond acceptors (Lipinski definition) is 2. The molecule has 0 spiro atoms. The van der Waals surface area contributed by atoms with Crippen LogP contribution in [0.5, 0.6) is 5.75 Å². The van der Waals surface area contributed by atoms with E-state index in [1.807, 2.05) is 48.5 Å². The van der Waals surface area contributed by atoms with Crippen molar-refractivity contribution in [3.8, 4) is 5.75 Å². The molecule has 1 aliphatic rings. The van der Waals surface area contributed by atoms with E-state index in [1.54, 1.807) is 0 Å². The molecule has 0 aliphatic carbocycles. The minimum Gasteiger partial charge on any atom is -0.481 e. The number of thiocarbonyl (C=S) groups is 1. The zero-order chi connectivity index (χ0) is 17.2. The highest BCUT2D eigenvalue weighted by Gasteiger charge is 2.47. The van der Waals surface area contributed by atoms with Gasteiger partial charge in [0.2, 0.25) is 0 Å². The lowest BCUT2D eigenvalue weighted by molar-refractivity contribution is 0.207. The molecule has 3 aromatic carbocycles. The molecular weight excluding hydrogens is 326 g/mol. The van der Waals surface area contributed by atoms with Gasteiger partial charge in [0.1, 0.15) is 16.8 Å². The minimum atomic E-state index is -0.139. The van der Waals surface area contributed by atoms with Crippen molar-refractivity contribution >= 4 is 22.9 Å². The molecule has 2 atom stereocenters. The van der Waals surface area contributed by atoms with E-state index in [-0.39, 0.29) is 12.1 Å². The van der Waals surface area contributed by atoms with Crippen molar-refractivity contribution in [1.82, 2.24) is 0 Å². The Morgan fingerprint density at radius 3 is 2.04 bits per heavy atom. The van der Waals surface area contributed by atoms with E-state index in [9.17, 15) is 0 Å². The summed E-state index contributed by atoms with van der Waals surface area (Å²) in [5.74, 6) is 0.847. The second-order valence-corrected chi connectivity index (χ2v) is 6.67. The normalized spacial score (nSPS) is 19.4. The van der Waals surface area contributed by atoms with Crippen LogP contribution in [-0.2, 0) is 0 Å². The Hall–Kier alpha value is -2.65. The molecule has 0 aromatic heterocycles. The lowest BCUT2D eigenvalue weighted by Gasteiger charge is -2.49. The molecule has 1 heterocycles. The first-order valence-electron chi connectivity index (χ1n) is 8.40. The second-order valence-electron chi connectivity index (χ2n) is 6.25. The third-order valence-corrected chi connectivity index (χ3v) is 4.93. The van der Waals surface area contributed by atoms with Gasteiger partial charge in [0.25, 0.3) is 0 Å². The van der Waals surface area contributed by atoms with E-state index in [4.69, 9.17) is 17.0 Å². The summed E-state index contributed by atoms with van der Waals surface area (Å²) < 4.78 is 6.23. The summed E-state index contributed by atoms with van der Waals surface area (Å²) in [5, 5.41) is 0. The lowest BCUT2D eigenvalue weighted by Crippen LogP contribution is -2.60. The second kappa shape index (κ2) is 6.69. The van der Waals surface area contributed by atoms with E-state index >= 15 is 0 Å². The summed E-state index contributed by atoms with van der Waals surface area (Å²) in [6.45, 7) is 2.10. The highest BCUT2D eigenvalue weighted by molar-refractivity contribution is 7.80. The zero-order valence-electron chi connectivity index (χ0n) is 14.0. The van der Waals surface area contributed by atoms with Crippen molar-refractivity contribution in [3.63, 3.8) is 0 Å². The lowest BCUT2D eigenvalue weighted by atomic mass is 9.90. The summed E-state index contributed by atoms with van der Waals surface area (Å²) in [4.78, 5) is 3.01. The molecule has 3 aromatic rings. The fourth-order valence-corrected chi connectivity index (χ4v) is 3.58. The molecule has 3 heteroatoms. The molecule has 0 radical (unpaired) electrons. The summed E-state index contributed by atoms with van der Waals surface area (Å²) in [6.07, 6.45) is -0.139. The quantitative estimate of drug-likeness (QED) is 0.593. The van der Waals surface area contributed by atoms with Crippen LogP contribution >= 0.6 is 12.2 Å². The smallest absolute Gasteiger partial charge is 0.174 e. The van der Waals surface area contributed by atoms with Crippen molar-refractivity contribution in [1.29, 1.82) is 0 Å². The molecule has 0 saturated carbocycles. The van der Waals surface area contributed by atoms with Crippen LogP contribution in [0.1, 0.15) is 17.2 Å². The average Bonchev–Trinajstić information content (AvgIpc) is 2.66. The number of hydrogen-bond donors (Lipinski definition) is 0. The Morgan fingerprint density at radius 2 is 1.40 bits per heavy atom. The fourth-order valence-electron chi connectivity index (χ4n) is 3.19. The van der Waals surface area contributed by atoms with Crippen molar-refractivity contribution in [2.45, 2.75) is 19.1 Å². The molecule has 0 N–H and O–H groups in total. The van der Waals surface area contributed by atoms with Gasteiger partial charge < -0.3 is 9.64 Å². The SMILES string of the molecule is Cc1ccc([C@H]2[C@@H](Oc3ccccc3)C(=S)N2c2ccccc2)cc1. The molecular formula is C22H19NOS. The molecule has 0 bridgehead atoms. The Labute approximate surface area is 153 Å². The topological polar surface area (TPSA) is 12.5 Å². The Bertz CT molecular complexity index is 862. The van der Waals surface area contributed by atoms with Crippen molar-refractivity contribution in [3.05, 3.63) is 96.1 Å². The van der Waals surface area contributed by atoms with E-state index in [0.717, 1.165) is 16.4 Å². The Morgan fingerprint density at radius 1 is 0.800 bits per heavy atom. The van der Waals surface area contributed by atoms with E-state index in [1.165, 1.54) is 11.1 Å². The largest absolute Gasteiger partial charge is 0.481 e. The van der Waals surface area contributed by atoms with Crippen LogP contribution < -0.4 is 9.64 Å². The Balaban J connectivity index is 1.68. The van der Waals surface area contributed by atoms with Crippen LogP contribution in [0.4, 0.5) is 5.69 Å². The number of aryl methyl sites for hydroxylation is 1. The van der Waals surface area contributed by atoms with E-state index < -0.39 is 0 Å². The Kier molecular flexibility index (Phi) is 4.24. The van der Waals surface area contributed by atoms with Gasteiger partial charge in [-0.05, 0) is 36.8 Å². The van der Waals surface area contributed by atoms with E-state index in [0.29, 0.717) is 0 Å². The van der Waals surface area contributed by atoms with Crippen LogP contribution in [0.3, 0.4) is 0 Å². The van der Waals surface area contributed by atoms with Gasteiger partial charge in [-0.1, -0.05) is 78.4 Å². The number of benzene rings is 3. The summed E-state index contributed by atoms with van der Waals surface area (Å²) in [6, 6.07) is 28.8. The highest BCUT2D eigenvalue weighted by atomic mass is 32.1. The standard InChI is InChI=1S/C22H19NOS/c1-16-12-14-17(15-13-16)20-21(24-19-10-6-3-7-11-19)22(25)23(20)18-8-4-2-5-9-18/h2-15,20-21H,1H3/t20-,21+/m0/s1. The first-order chi connectivity index (χ1) is 12.2. The van der Waals surface area contributed by atoms with Gasteiger partial charge >= 0.3 is 0 Å². The minimum absolute atomic E-state index is 0.0794. The van der Waals surface area contributed by atoms with Gasteiger partial charge in [-0.15, -0.1) is 0 Å². The first kappa shape index (κ1) is 15.9. The average molecular weight is 345 g/mol. The van der Waals surface area contributed by atoms with Crippen LogP contribution in [0.2, 0.25) is 0 Å². The molecule has 25 heavy (non-hydrogen) atoms. The van der Waals surface area contributed by atoms with Crippen LogP contribution in [0.15, 0.2) is 84.9 Å². The fraction of sp³-hybridized carbons (Fsp3) is 0.136. The van der Waals surface area contributed by atoms with E-state index in [2.05, 4.69) is 48.2 Å². The number of ether oxygens (including phenoxy) is 1. The maximum atomic E-state index is 6.23. The van der Waals surface area contributed by atoms with Crippen molar-refractivity contribution in [2.75, 3.05) is 4.90 Å². The number of anilines is 1. The number of para-hydroxylation sites is 2. The zero-order valence-corrected chi connectivity index (χ0v) is 14.8. The molecule has 4 rings (SSSR count). The number of rotatable bonds is 4. The summed E-state index contributed by atoms with van der Waals surface area (Å²) >= 11 is 5.71. The van der Waals surface area contributed by atoms with Gasteiger partial charge in [0.05, 0.1) is 0 Å². The molecule has 2 nitrogen and oxygen atoms in total.